The molecule has 7 nitrogen and oxygen atoms in total. The number of nitrogens with zero attached hydrogens (tertiary/aromatic N) is 1. The molecule has 122 valence electrons. The van der Waals surface area contributed by atoms with E-state index in [4.69, 9.17) is 4.52 Å². The van der Waals surface area contributed by atoms with E-state index >= 15 is 0 Å². The molecular weight excluding hydrogens is 318 g/mol. The molecule has 2 aromatic rings. The lowest BCUT2D eigenvalue weighted by molar-refractivity contribution is -0.124. The van der Waals surface area contributed by atoms with Crippen LogP contribution in [-0.2, 0) is 9.59 Å². The Kier molecular flexibility index (Phi) is 6.04. The third-order valence-corrected chi connectivity index (χ3v) is 3.86. The first kappa shape index (κ1) is 16.9. The van der Waals surface area contributed by atoms with Gasteiger partial charge in [-0.05, 0) is 24.8 Å². The third-order valence-electron chi connectivity index (χ3n) is 2.95. The number of carbonyl (C=O) groups excluding carboxylic acids is 3. The van der Waals surface area contributed by atoms with Crippen LogP contribution in [-0.4, -0.2) is 29.3 Å². The van der Waals surface area contributed by atoms with Crippen LogP contribution in [0.15, 0.2) is 28.1 Å². The fourth-order valence-corrected chi connectivity index (χ4v) is 2.54. The zero-order valence-corrected chi connectivity index (χ0v) is 13.4. The Bertz CT molecular complexity index is 679. The van der Waals surface area contributed by atoms with Crippen LogP contribution in [0, 0.1) is 6.92 Å². The van der Waals surface area contributed by atoms with Gasteiger partial charge in [-0.3, -0.25) is 14.4 Å². The average molecular weight is 335 g/mol. The van der Waals surface area contributed by atoms with Gasteiger partial charge in [-0.1, -0.05) is 11.2 Å². The smallest absolute Gasteiger partial charge is 0.245 e. The van der Waals surface area contributed by atoms with Crippen LogP contribution in [0.2, 0.25) is 0 Å². The molecule has 0 saturated heterocycles. The fraction of sp³-hybridized carbons (Fsp3) is 0.333. The van der Waals surface area contributed by atoms with Crippen LogP contribution < -0.4 is 10.6 Å². The highest BCUT2D eigenvalue weighted by molar-refractivity contribution is 7.12. The van der Waals surface area contributed by atoms with E-state index in [9.17, 15) is 14.4 Å². The van der Waals surface area contributed by atoms with Gasteiger partial charge in [0.2, 0.25) is 11.8 Å². The second-order valence-electron chi connectivity index (χ2n) is 4.90. The zero-order chi connectivity index (χ0) is 16.7. The Hall–Kier alpha value is -2.48. The maximum atomic E-state index is 11.8. The molecule has 0 saturated carbocycles. The topological polar surface area (TPSA) is 101 Å². The van der Waals surface area contributed by atoms with Gasteiger partial charge in [-0.25, -0.2) is 0 Å². The standard InChI is InChI=1S/C15H17N3O4S/c1-10-8-13(18-22-10)17-15(21)9-16-14(20)6-2-4-11(19)12-5-3-7-23-12/h3,5,7-8H,2,4,6,9H2,1H3,(H,16,20)(H,17,18,21). The highest BCUT2D eigenvalue weighted by atomic mass is 32.1. The van der Waals surface area contributed by atoms with Crippen molar-refractivity contribution in [2.45, 2.75) is 26.2 Å². The molecule has 0 aromatic carbocycles. The summed E-state index contributed by atoms with van der Waals surface area (Å²) < 4.78 is 4.81. The number of thiophene rings is 1. The second kappa shape index (κ2) is 8.23. The van der Waals surface area contributed by atoms with E-state index in [0.29, 0.717) is 29.3 Å². The number of rotatable bonds is 8. The molecule has 2 amide bonds. The first-order valence-corrected chi connectivity index (χ1v) is 7.99. The predicted molar refractivity (Wildman–Crippen MR) is 85.4 cm³/mol. The minimum absolute atomic E-state index is 0.0342. The summed E-state index contributed by atoms with van der Waals surface area (Å²) in [6, 6.07) is 5.17. The first-order valence-electron chi connectivity index (χ1n) is 7.11. The lowest BCUT2D eigenvalue weighted by Crippen LogP contribution is -2.32. The molecule has 0 unspecified atom stereocenters. The van der Waals surface area contributed by atoms with Crippen molar-refractivity contribution in [1.29, 1.82) is 0 Å². The Labute approximate surface area is 137 Å². The third kappa shape index (κ3) is 5.67. The summed E-state index contributed by atoms with van der Waals surface area (Å²) in [5.74, 6) is 0.270. The largest absolute Gasteiger partial charge is 0.360 e. The van der Waals surface area contributed by atoms with Crippen LogP contribution in [0.4, 0.5) is 5.82 Å². The first-order chi connectivity index (χ1) is 11.0. The maximum absolute atomic E-state index is 11.8. The Morgan fingerprint density at radius 1 is 1.26 bits per heavy atom. The average Bonchev–Trinajstić information content (AvgIpc) is 3.17. The van der Waals surface area contributed by atoms with Crippen molar-refractivity contribution in [1.82, 2.24) is 10.5 Å². The summed E-state index contributed by atoms with van der Waals surface area (Å²) in [6.07, 6.45) is 0.971. The normalized spacial score (nSPS) is 10.3. The number of aryl methyl sites for hydroxylation is 1. The van der Waals surface area contributed by atoms with Crippen LogP contribution in [0.3, 0.4) is 0 Å². The molecule has 2 rings (SSSR count). The molecule has 23 heavy (non-hydrogen) atoms. The Morgan fingerprint density at radius 2 is 2.09 bits per heavy atom. The summed E-state index contributed by atoms with van der Waals surface area (Å²) >= 11 is 1.39. The van der Waals surface area contributed by atoms with E-state index in [0.717, 1.165) is 0 Å². The van der Waals surface area contributed by atoms with Crippen molar-refractivity contribution in [2.24, 2.45) is 0 Å². The summed E-state index contributed by atoms with van der Waals surface area (Å²) in [5.41, 5.74) is 0. The fourth-order valence-electron chi connectivity index (χ4n) is 1.85. The molecular formula is C15H17N3O4S. The SMILES string of the molecule is Cc1cc(NC(=O)CNC(=O)CCCC(=O)c2cccs2)no1. The number of anilines is 1. The second-order valence-corrected chi connectivity index (χ2v) is 5.85. The molecule has 0 atom stereocenters. The van der Waals surface area contributed by atoms with Gasteiger partial charge in [-0.2, -0.15) is 0 Å². The van der Waals surface area contributed by atoms with Crippen molar-refractivity contribution >= 4 is 34.8 Å². The summed E-state index contributed by atoms with van der Waals surface area (Å²) in [4.78, 5) is 35.7. The van der Waals surface area contributed by atoms with E-state index < -0.39 is 0 Å². The highest BCUT2D eigenvalue weighted by Gasteiger charge is 2.10. The van der Waals surface area contributed by atoms with Gasteiger partial charge < -0.3 is 15.2 Å². The monoisotopic (exact) mass is 335 g/mol. The minimum atomic E-state index is -0.388. The highest BCUT2D eigenvalue weighted by Crippen LogP contribution is 2.13. The van der Waals surface area contributed by atoms with Crippen molar-refractivity contribution in [3.05, 3.63) is 34.2 Å². The van der Waals surface area contributed by atoms with Gasteiger partial charge in [0.05, 0.1) is 11.4 Å². The minimum Gasteiger partial charge on any atom is -0.360 e. The number of carbonyl (C=O) groups is 3. The maximum Gasteiger partial charge on any atom is 0.245 e. The van der Waals surface area contributed by atoms with Crippen LogP contribution >= 0.6 is 11.3 Å². The van der Waals surface area contributed by atoms with Gasteiger partial charge in [0.1, 0.15) is 5.76 Å². The van der Waals surface area contributed by atoms with Crippen LogP contribution in [0.25, 0.3) is 0 Å². The van der Waals surface area contributed by atoms with Gasteiger partial charge in [0.15, 0.2) is 11.6 Å². The molecule has 0 fully saturated rings. The number of nitrogens with one attached hydrogen (secondary N) is 2. The number of hydrogen-bond acceptors (Lipinski definition) is 6. The van der Waals surface area contributed by atoms with E-state index in [1.54, 1.807) is 19.1 Å². The molecule has 2 N–H and O–H groups in total. The summed E-state index contributed by atoms with van der Waals surface area (Å²) in [5, 5.41) is 10.5. The van der Waals surface area contributed by atoms with Crippen molar-refractivity contribution in [2.75, 3.05) is 11.9 Å². The van der Waals surface area contributed by atoms with E-state index in [1.165, 1.54) is 11.3 Å². The van der Waals surface area contributed by atoms with Crippen LogP contribution in [0.5, 0.6) is 0 Å². The molecule has 8 heteroatoms. The number of aromatic nitrogens is 1. The molecule has 0 aliphatic heterocycles. The van der Waals surface area contributed by atoms with Crippen molar-refractivity contribution < 1.29 is 18.9 Å². The quantitative estimate of drug-likeness (QED) is 0.720. The Morgan fingerprint density at radius 3 is 2.74 bits per heavy atom. The number of ketones is 1. The lowest BCUT2D eigenvalue weighted by atomic mass is 10.1. The van der Waals surface area contributed by atoms with E-state index in [-0.39, 0.29) is 30.6 Å². The molecule has 0 radical (unpaired) electrons. The zero-order valence-electron chi connectivity index (χ0n) is 12.6. The van der Waals surface area contributed by atoms with Crippen molar-refractivity contribution in [3.8, 4) is 0 Å². The molecule has 0 spiro atoms. The Balaban J connectivity index is 1.61. The predicted octanol–water partition coefficient (Wildman–Crippen LogP) is 2.15. The summed E-state index contributed by atoms with van der Waals surface area (Å²) in [6.45, 7) is 1.56. The van der Waals surface area contributed by atoms with Gasteiger partial charge >= 0.3 is 0 Å². The molecule has 0 aliphatic carbocycles. The van der Waals surface area contributed by atoms with E-state index in [1.807, 2.05) is 11.4 Å². The van der Waals surface area contributed by atoms with Gasteiger partial charge in [0.25, 0.3) is 0 Å². The van der Waals surface area contributed by atoms with E-state index in [2.05, 4.69) is 15.8 Å². The molecule has 2 heterocycles. The lowest BCUT2D eigenvalue weighted by Gasteiger charge is -2.04. The molecule has 2 aromatic heterocycles. The van der Waals surface area contributed by atoms with Crippen LogP contribution in [0.1, 0.15) is 34.7 Å². The number of hydrogen-bond donors (Lipinski definition) is 2. The number of amides is 2. The molecule has 0 aliphatic rings. The van der Waals surface area contributed by atoms with Crippen molar-refractivity contribution in [3.63, 3.8) is 0 Å². The number of Topliss-reactive ketones (excluding diaryl/α,β-unsaturated/α-hetero) is 1. The van der Waals surface area contributed by atoms with Gasteiger partial charge in [-0.15, -0.1) is 11.3 Å². The molecule has 0 bridgehead atoms. The summed E-state index contributed by atoms with van der Waals surface area (Å²) in [7, 11) is 0. The van der Waals surface area contributed by atoms with Gasteiger partial charge in [0, 0.05) is 18.9 Å².